The maximum Gasteiger partial charge on any atom is 0.269 e. The second kappa shape index (κ2) is 8.05. The number of nitrogens with zero attached hydrogens (tertiary/aromatic N) is 3. The molecule has 0 aliphatic carbocycles. The zero-order valence-corrected chi connectivity index (χ0v) is 15.7. The van der Waals surface area contributed by atoms with E-state index in [-0.39, 0.29) is 12.3 Å². The van der Waals surface area contributed by atoms with Crippen LogP contribution in [0.4, 0.5) is 5.69 Å². The van der Waals surface area contributed by atoms with Crippen molar-refractivity contribution in [3.63, 3.8) is 0 Å². The molecule has 0 atom stereocenters. The van der Waals surface area contributed by atoms with Gasteiger partial charge in [0.05, 0.1) is 21.8 Å². The summed E-state index contributed by atoms with van der Waals surface area (Å²) in [5.74, 6) is 0. The van der Waals surface area contributed by atoms with Gasteiger partial charge in [0.15, 0.2) is 0 Å². The van der Waals surface area contributed by atoms with Crippen molar-refractivity contribution in [3.05, 3.63) is 92.2 Å². The molecular formula is C20H18ClN3O3. The lowest BCUT2D eigenvalue weighted by atomic mass is 10.2. The number of aromatic nitrogens is 1. The molecule has 0 radical (unpaired) electrons. The molecular weight excluding hydrogens is 366 g/mol. The molecule has 3 aromatic rings. The van der Waals surface area contributed by atoms with Crippen molar-refractivity contribution in [3.8, 4) is 5.69 Å². The number of oxime groups is 1. The molecule has 0 aliphatic rings. The average molecular weight is 384 g/mol. The third kappa shape index (κ3) is 4.17. The first kappa shape index (κ1) is 18.7. The average Bonchev–Trinajstić information content (AvgIpc) is 2.93. The first-order chi connectivity index (χ1) is 13.0. The van der Waals surface area contributed by atoms with Gasteiger partial charge in [0, 0.05) is 29.1 Å². The number of para-hydroxylation sites is 1. The molecule has 0 saturated heterocycles. The van der Waals surface area contributed by atoms with Crippen LogP contribution in [0.5, 0.6) is 0 Å². The molecule has 138 valence electrons. The van der Waals surface area contributed by atoms with Crippen molar-refractivity contribution in [1.82, 2.24) is 4.57 Å². The smallest absolute Gasteiger partial charge is 0.269 e. The van der Waals surface area contributed by atoms with E-state index in [0.717, 1.165) is 22.6 Å². The Morgan fingerprint density at radius 2 is 1.96 bits per heavy atom. The second-order valence-corrected chi connectivity index (χ2v) is 6.46. The van der Waals surface area contributed by atoms with E-state index in [9.17, 15) is 10.1 Å². The van der Waals surface area contributed by atoms with E-state index in [1.54, 1.807) is 18.3 Å². The van der Waals surface area contributed by atoms with Crippen LogP contribution in [0.3, 0.4) is 0 Å². The van der Waals surface area contributed by atoms with Crippen LogP contribution >= 0.6 is 11.6 Å². The van der Waals surface area contributed by atoms with Crippen LogP contribution in [-0.2, 0) is 11.4 Å². The normalized spacial score (nSPS) is 11.1. The van der Waals surface area contributed by atoms with Crippen LogP contribution in [0, 0.1) is 24.0 Å². The van der Waals surface area contributed by atoms with Crippen LogP contribution in [0.1, 0.15) is 22.5 Å². The quantitative estimate of drug-likeness (QED) is 0.333. The third-order valence-corrected chi connectivity index (χ3v) is 4.50. The van der Waals surface area contributed by atoms with Gasteiger partial charge >= 0.3 is 0 Å². The number of halogens is 1. The Morgan fingerprint density at radius 3 is 2.70 bits per heavy atom. The highest BCUT2D eigenvalue weighted by molar-refractivity contribution is 6.32. The summed E-state index contributed by atoms with van der Waals surface area (Å²) in [5.41, 5.74) is 4.55. The van der Waals surface area contributed by atoms with Gasteiger partial charge in [-0.1, -0.05) is 41.0 Å². The van der Waals surface area contributed by atoms with Gasteiger partial charge in [-0.05, 0) is 37.6 Å². The summed E-state index contributed by atoms with van der Waals surface area (Å²) in [7, 11) is 0. The van der Waals surface area contributed by atoms with Gasteiger partial charge < -0.3 is 9.40 Å². The largest absolute Gasteiger partial charge is 0.391 e. The summed E-state index contributed by atoms with van der Waals surface area (Å²) < 4.78 is 2.06. The fourth-order valence-corrected chi connectivity index (χ4v) is 3.11. The molecule has 0 unspecified atom stereocenters. The van der Waals surface area contributed by atoms with E-state index in [2.05, 4.69) is 9.72 Å². The minimum absolute atomic E-state index is 0.0309. The molecule has 0 saturated carbocycles. The molecule has 6 nitrogen and oxygen atoms in total. The summed E-state index contributed by atoms with van der Waals surface area (Å²) in [4.78, 5) is 15.7. The number of rotatable bonds is 6. The van der Waals surface area contributed by atoms with Gasteiger partial charge in [0.25, 0.3) is 5.69 Å². The van der Waals surface area contributed by atoms with E-state index in [1.807, 2.05) is 44.2 Å². The molecule has 27 heavy (non-hydrogen) atoms. The summed E-state index contributed by atoms with van der Waals surface area (Å²) >= 11 is 6.31. The molecule has 3 rings (SSSR count). The number of nitro groups is 1. The van der Waals surface area contributed by atoms with Gasteiger partial charge in [0.1, 0.15) is 6.61 Å². The molecule has 0 N–H and O–H groups in total. The van der Waals surface area contributed by atoms with Crippen molar-refractivity contribution in [2.45, 2.75) is 20.5 Å². The van der Waals surface area contributed by atoms with Crippen LogP contribution in [0.15, 0.2) is 59.8 Å². The minimum Gasteiger partial charge on any atom is -0.391 e. The van der Waals surface area contributed by atoms with Crippen molar-refractivity contribution >= 4 is 23.5 Å². The van der Waals surface area contributed by atoms with Crippen LogP contribution in [0.2, 0.25) is 5.02 Å². The number of hydrogen-bond donors (Lipinski definition) is 0. The van der Waals surface area contributed by atoms with Gasteiger partial charge in [0.2, 0.25) is 0 Å². The van der Waals surface area contributed by atoms with E-state index in [1.165, 1.54) is 12.1 Å². The highest BCUT2D eigenvalue weighted by Crippen LogP contribution is 2.25. The number of aryl methyl sites for hydroxylation is 1. The summed E-state index contributed by atoms with van der Waals surface area (Å²) in [6.07, 6.45) is 1.63. The summed E-state index contributed by atoms with van der Waals surface area (Å²) in [6.45, 7) is 4.14. The van der Waals surface area contributed by atoms with Crippen molar-refractivity contribution < 1.29 is 9.76 Å². The summed E-state index contributed by atoms with van der Waals surface area (Å²) in [6, 6.07) is 15.9. The number of nitro benzene ring substituents is 1. The molecule has 0 aliphatic heterocycles. The lowest BCUT2D eigenvalue weighted by Gasteiger charge is -2.11. The number of hydrogen-bond acceptors (Lipinski definition) is 4. The maximum atomic E-state index is 10.8. The predicted octanol–water partition coefficient (Wildman–Crippen LogP) is 5.21. The highest BCUT2D eigenvalue weighted by atomic mass is 35.5. The Hall–Kier alpha value is -3.12. The Bertz CT molecular complexity index is 1010. The number of non-ortho nitro benzene ring substituents is 1. The zero-order chi connectivity index (χ0) is 19.4. The Kier molecular flexibility index (Phi) is 5.57. The molecule has 0 bridgehead atoms. The first-order valence-electron chi connectivity index (χ1n) is 8.30. The number of benzene rings is 2. The SMILES string of the molecule is Cc1cc(/C=N\OCc2cccc([N+](=O)[O-])c2)c(C)n1-c1ccccc1Cl. The fourth-order valence-electron chi connectivity index (χ4n) is 2.89. The van der Waals surface area contributed by atoms with E-state index in [4.69, 9.17) is 16.4 Å². The zero-order valence-electron chi connectivity index (χ0n) is 14.9. The third-order valence-electron chi connectivity index (χ3n) is 4.18. The molecule has 1 aromatic heterocycles. The molecule has 0 fully saturated rings. The molecule has 0 spiro atoms. The molecule has 2 aromatic carbocycles. The highest BCUT2D eigenvalue weighted by Gasteiger charge is 2.11. The van der Waals surface area contributed by atoms with Gasteiger partial charge in [-0.15, -0.1) is 0 Å². The molecule has 7 heteroatoms. The second-order valence-electron chi connectivity index (χ2n) is 6.05. The molecule has 0 amide bonds. The van der Waals surface area contributed by atoms with E-state index >= 15 is 0 Å². The first-order valence-corrected chi connectivity index (χ1v) is 8.67. The van der Waals surface area contributed by atoms with E-state index in [0.29, 0.717) is 10.6 Å². The van der Waals surface area contributed by atoms with E-state index < -0.39 is 4.92 Å². The Balaban J connectivity index is 1.73. The fraction of sp³-hybridized carbons (Fsp3) is 0.150. The monoisotopic (exact) mass is 383 g/mol. The van der Waals surface area contributed by atoms with Crippen LogP contribution < -0.4 is 0 Å². The standard InChI is InChI=1S/C20H18ClN3O3/c1-14-10-17(15(2)23(14)20-9-4-3-8-19(20)21)12-22-27-13-16-6-5-7-18(11-16)24(25)26/h3-12H,13H2,1-2H3/b22-12-. The Labute approximate surface area is 161 Å². The van der Waals surface area contributed by atoms with Gasteiger partial charge in [-0.25, -0.2) is 0 Å². The topological polar surface area (TPSA) is 69.7 Å². The van der Waals surface area contributed by atoms with Crippen molar-refractivity contribution in [2.75, 3.05) is 0 Å². The van der Waals surface area contributed by atoms with Crippen LogP contribution in [0.25, 0.3) is 5.69 Å². The van der Waals surface area contributed by atoms with Crippen molar-refractivity contribution in [2.24, 2.45) is 5.16 Å². The van der Waals surface area contributed by atoms with Crippen LogP contribution in [-0.4, -0.2) is 15.7 Å². The van der Waals surface area contributed by atoms with Crippen molar-refractivity contribution in [1.29, 1.82) is 0 Å². The summed E-state index contributed by atoms with van der Waals surface area (Å²) in [5, 5.41) is 15.5. The lowest BCUT2D eigenvalue weighted by Crippen LogP contribution is -2.00. The van der Waals surface area contributed by atoms with Gasteiger partial charge in [-0.2, -0.15) is 0 Å². The minimum atomic E-state index is -0.434. The van der Waals surface area contributed by atoms with Gasteiger partial charge in [-0.3, -0.25) is 10.1 Å². The predicted molar refractivity (Wildman–Crippen MR) is 106 cm³/mol. The maximum absolute atomic E-state index is 10.8. The lowest BCUT2D eigenvalue weighted by molar-refractivity contribution is -0.384. The molecule has 1 heterocycles. The Morgan fingerprint density at radius 1 is 1.19 bits per heavy atom.